The number of hydrogen-bond acceptors (Lipinski definition) is 1. The van der Waals surface area contributed by atoms with Crippen molar-refractivity contribution in [1.82, 2.24) is 0 Å². The molecular weight excluding hydrogens is 392 g/mol. The first-order valence-corrected chi connectivity index (χ1v) is 14.8. The van der Waals surface area contributed by atoms with Crippen molar-refractivity contribution < 1.29 is 9.90 Å². The van der Waals surface area contributed by atoms with E-state index < -0.39 is 11.4 Å². The lowest BCUT2D eigenvalue weighted by Crippen LogP contribution is -2.39. The van der Waals surface area contributed by atoms with E-state index in [1.165, 1.54) is 103 Å². The summed E-state index contributed by atoms with van der Waals surface area (Å²) < 4.78 is 0. The SMILES string of the molecule is CCCCCCCCC(CCC)C(CCCCCCCC)(CCCCCCCC)C(=O)O. The molecule has 0 amide bonds. The van der Waals surface area contributed by atoms with Crippen LogP contribution < -0.4 is 0 Å². The average Bonchev–Trinajstić information content (AvgIpc) is 2.78. The van der Waals surface area contributed by atoms with E-state index in [0.29, 0.717) is 5.92 Å². The molecule has 1 unspecified atom stereocenters. The zero-order valence-electron chi connectivity index (χ0n) is 22.7. The van der Waals surface area contributed by atoms with Gasteiger partial charge in [0, 0.05) is 0 Å². The Morgan fingerprint density at radius 3 is 1.28 bits per heavy atom. The van der Waals surface area contributed by atoms with Crippen LogP contribution in [0.1, 0.15) is 175 Å². The van der Waals surface area contributed by atoms with Gasteiger partial charge in [0.05, 0.1) is 5.41 Å². The van der Waals surface area contributed by atoms with Crippen molar-refractivity contribution in [2.45, 2.75) is 175 Å². The van der Waals surface area contributed by atoms with E-state index in [0.717, 1.165) is 44.9 Å². The third-order valence-electron chi connectivity index (χ3n) is 7.70. The monoisotopic (exact) mass is 452 g/mol. The number of rotatable bonds is 25. The van der Waals surface area contributed by atoms with Crippen molar-refractivity contribution in [2.24, 2.45) is 11.3 Å². The van der Waals surface area contributed by atoms with Crippen molar-refractivity contribution in [3.63, 3.8) is 0 Å². The zero-order valence-corrected chi connectivity index (χ0v) is 22.7. The summed E-state index contributed by atoms with van der Waals surface area (Å²) in [6.07, 6.45) is 27.9. The van der Waals surface area contributed by atoms with Gasteiger partial charge < -0.3 is 5.11 Å². The molecule has 0 bridgehead atoms. The maximum Gasteiger partial charge on any atom is 0.309 e. The molecule has 0 aromatic carbocycles. The third-order valence-corrected chi connectivity index (χ3v) is 7.70. The first kappa shape index (κ1) is 31.5. The summed E-state index contributed by atoms with van der Waals surface area (Å²) >= 11 is 0. The molecule has 192 valence electrons. The Kier molecular flexibility index (Phi) is 21.9. The molecule has 0 spiro atoms. The molecule has 0 saturated carbocycles. The Morgan fingerprint density at radius 1 is 0.531 bits per heavy atom. The minimum absolute atomic E-state index is 0.363. The Labute approximate surface area is 202 Å². The summed E-state index contributed by atoms with van der Waals surface area (Å²) in [6, 6.07) is 0. The lowest BCUT2D eigenvalue weighted by molar-refractivity contribution is -0.155. The molecule has 0 aliphatic carbocycles. The standard InChI is InChI=1S/C30H60O2/c1-5-9-12-15-18-21-25-28(24-8-4)30(29(31)32,26-22-19-16-13-10-6-2)27-23-20-17-14-11-7-3/h28H,5-27H2,1-4H3,(H,31,32). The van der Waals surface area contributed by atoms with Crippen molar-refractivity contribution in [2.75, 3.05) is 0 Å². The second-order valence-electron chi connectivity index (χ2n) is 10.5. The molecule has 0 radical (unpaired) electrons. The van der Waals surface area contributed by atoms with Gasteiger partial charge in [0.15, 0.2) is 0 Å². The third kappa shape index (κ3) is 14.6. The summed E-state index contributed by atoms with van der Waals surface area (Å²) in [4.78, 5) is 12.8. The zero-order chi connectivity index (χ0) is 23.9. The van der Waals surface area contributed by atoms with Crippen LogP contribution in [-0.4, -0.2) is 11.1 Å². The number of carbonyl (C=O) groups is 1. The van der Waals surface area contributed by atoms with Gasteiger partial charge >= 0.3 is 5.97 Å². The van der Waals surface area contributed by atoms with Crippen LogP contribution in [0.25, 0.3) is 0 Å². The second-order valence-corrected chi connectivity index (χ2v) is 10.5. The maximum absolute atomic E-state index is 12.8. The fourth-order valence-electron chi connectivity index (χ4n) is 5.58. The van der Waals surface area contributed by atoms with E-state index in [2.05, 4.69) is 27.7 Å². The molecular formula is C30H60O2. The fraction of sp³-hybridized carbons (Fsp3) is 0.967. The molecule has 0 aliphatic rings. The quantitative estimate of drug-likeness (QED) is 0.140. The molecule has 32 heavy (non-hydrogen) atoms. The highest BCUT2D eigenvalue weighted by molar-refractivity contribution is 5.75. The highest BCUT2D eigenvalue weighted by atomic mass is 16.4. The van der Waals surface area contributed by atoms with Gasteiger partial charge in [0.1, 0.15) is 0 Å². The Morgan fingerprint density at radius 2 is 0.906 bits per heavy atom. The Bertz CT molecular complexity index is 388. The van der Waals surface area contributed by atoms with E-state index in [-0.39, 0.29) is 0 Å². The molecule has 0 aliphatic heterocycles. The summed E-state index contributed by atoms with van der Waals surface area (Å²) in [5, 5.41) is 10.6. The minimum Gasteiger partial charge on any atom is -0.481 e. The summed E-state index contributed by atoms with van der Waals surface area (Å²) in [6.45, 7) is 9.03. The first-order chi connectivity index (χ1) is 15.6. The van der Waals surface area contributed by atoms with Crippen LogP contribution in [0.4, 0.5) is 0 Å². The van der Waals surface area contributed by atoms with Gasteiger partial charge in [-0.3, -0.25) is 4.79 Å². The lowest BCUT2D eigenvalue weighted by Gasteiger charge is -2.38. The van der Waals surface area contributed by atoms with Crippen LogP contribution in [0.3, 0.4) is 0 Å². The van der Waals surface area contributed by atoms with Crippen molar-refractivity contribution in [1.29, 1.82) is 0 Å². The molecule has 1 atom stereocenters. The van der Waals surface area contributed by atoms with Gasteiger partial charge in [-0.25, -0.2) is 0 Å². The van der Waals surface area contributed by atoms with Gasteiger partial charge in [-0.2, -0.15) is 0 Å². The smallest absolute Gasteiger partial charge is 0.309 e. The Balaban J connectivity index is 5.04. The van der Waals surface area contributed by atoms with Gasteiger partial charge in [-0.05, 0) is 31.6 Å². The number of unbranched alkanes of at least 4 members (excludes halogenated alkanes) is 15. The lowest BCUT2D eigenvalue weighted by atomic mass is 9.65. The normalized spacial score (nSPS) is 12.9. The minimum atomic E-state index is -0.482. The van der Waals surface area contributed by atoms with Crippen LogP contribution in [-0.2, 0) is 4.79 Å². The molecule has 2 heteroatoms. The van der Waals surface area contributed by atoms with E-state index in [1.807, 2.05) is 0 Å². The second kappa shape index (κ2) is 22.3. The highest BCUT2D eigenvalue weighted by Gasteiger charge is 2.43. The largest absolute Gasteiger partial charge is 0.481 e. The molecule has 0 aromatic rings. The molecule has 0 fully saturated rings. The predicted molar refractivity (Wildman–Crippen MR) is 142 cm³/mol. The average molecular weight is 453 g/mol. The van der Waals surface area contributed by atoms with E-state index in [9.17, 15) is 9.90 Å². The molecule has 0 rings (SSSR count). The van der Waals surface area contributed by atoms with Crippen LogP contribution in [0, 0.1) is 11.3 Å². The summed E-state index contributed by atoms with van der Waals surface area (Å²) in [5.41, 5.74) is -0.477. The van der Waals surface area contributed by atoms with Gasteiger partial charge in [-0.1, -0.05) is 150 Å². The van der Waals surface area contributed by atoms with E-state index >= 15 is 0 Å². The van der Waals surface area contributed by atoms with Gasteiger partial charge in [0.2, 0.25) is 0 Å². The fourth-order valence-corrected chi connectivity index (χ4v) is 5.58. The highest BCUT2D eigenvalue weighted by Crippen LogP contribution is 2.44. The van der Waals surface area contributed by atoms with Crippen LogP contribution in [0.5, 0.6) is 0 Å². The predicted octanol–water partition coefficient (Wildman–Crippen LogP) is 10.7. The van der Waals surface area contributed by atoms with E-state index in [1.54, 1.807) is 0 Å². The van der Waals surface area contributed by atoms with E-state index in [4.69, 9.17) is 0 Å². The van der Waals surface area contributed by atoms with Crippen molar-refractivity contribution in [3.05, 3.63) is 0 Å². The molecule has 0 heterocycles. The maximum atomic E-state index is 12.8. The first-order valence-electron chi connectivity index (χ1n) is 14.8. The van der Waals surface area contributed by atoms with Crippen molar-refractivity contribution in [3.8, 4) is 0 Å². The van der Waals surface area contributed by atoms with Crippen molar-refractivity contribution >= 4 is 5.97 Å². The number of carboxylic acids is 1. The number of aliphatic carboxylic acids is 1. The molecule has 0 saturated heterocycles. The van der Waals surface area contributed by atoms with Gasteiger partial charge in [-0.15, -0.1) is 0 Å². The molecule has 2 nitrogen and oxygen atoms in total. The molecule has 1 N–H and O–H groups in total. The summed E-state index contributed by atoms with van der Waals surface area (Å²) in [7, 11) is 0. The topological polar surface area (TPSA) is 37.3 Å². The molecule has 0 aromatic heterocycles. The van der Waals surface area contributed by atoms with Gasteiger partial charge in [0.25, 0.3) is 0 Å². The van der Waals surface area contributed by atoms with Crippen LogP contribution in [0.2, 0.25) is 0 Å². The number of carboxylic acid groups (broad SMARTS) is 1. The Hall–Kier alpha value is -0.530. The van der Waals surface area contributed by atoms with Crippen LogP contribution in [0.15, 0.2) is 0 Å². The summed E-state index contributed by atoms with van der Waals surface area (Å²) in [5.74, 6) is -0.119. The van der Waals surface area contributed by atoms with Crippen LogP contribution >= 0.6 is 0 Å². The number of hydrogen-bond donors (Lipinski definition) is 1.